The predicted octanol–water partition coefficient (Wildman–Crippen LogP) is 3.78. The summed E-state index contributed by atoms with van der Waals surface area (Å²) in [5.41, 5.74) is 1.19. The Bertz CT molecular complexity index is 325. The summed E-state index contributed by atoms with van der Waals surface area (Å²) in [5, 5.41) is 4.10. The quantitative estimate of drug-likeness (QED) is 0.657. The van der Waals surface area contributed by atoms with Crippen LogP contribution in [-0.2, 0) is 0 Å². The molecule has 0 bridgehead atoms. The fourth-order valence-corrected chi connectivity index (χ4v) is 2.14. The van der Waals surface area contributed by atoms with E-state index in [1.54, 1.807) is 0 Å². The largest absolute Gasteiger partial charge is 0.307 e. The summed E-state index contributed by atoms with van der Waals surface area (Å²) >= 11 is 8.26. The van der Waals surface area contributed by atoms with Crippen molar-refractivity contribution in [3.05, 3.63) is 45.0 Å². The average molecular weight is 322 g/mol. The van der Waals surface area contributed by atoms with Crippen molar-refractivity contribution < 1.29 is 0 Å². The molecule has 0 saturated carbocycles. The van der Waals surface area contributed by atoms with E-state index < -0.39 is 0 Å². The first-order valence-electron chi connectivity index (χ1n) is 4.50. The van der Waals surface area contributed by atoms with Gasteiger partial charge in [0.25, 0.3) is 0 Å². The zero-order valence-corrected chi connectivity index (χ0v) is 11.0. The number of nitrogens with one attached hydrogen (secondary N) is 1. The molecule has 1 unspecified atom stereocenters. The van der Waals surface area contributed by atoms with Crippen LogP contribution < -0.4 is 5.32 Å². The lowest BCUT2D eigenvalue weighted by Gasteiger charge is -2.15. The van der Waals surface area contributed by atoms with Crippen LogP contribution in [0.4, 0.5) is 0 Å². The molecule has 0 radical (unpaired) electrons. The van der Waals surface area contributed by atoms with Gasteiger partial charge in [-0.05, 0) is 52.9 Å². The van der Waals surface area contributed by atoms with E-state index in [-0.39, 0.29) is 6.04 Å². The van der Waals surface area contributed by atoms with Crippen LogP contribution in [0, 0.1) is 3.57 Å². The summed E-state index contributed by atoms with van der Waals surface area (Å²) in [4.78, 5) is 0. The van der Waals surface area contributed by atoms with Gasteiger partial charge in [-0.3, -0.25) is 0 Å². The highest BCUT2D eigenvalue weighted by molar-refractivity contribution is 14.1. The molecule has 0 aromatic heterocycles. The van der Waals surface area contributed by atoms with E-state index in [0.29, 0.717) is 0 Å². The van der Waals surface area contributed by atoms with Crippen molar-refractivity contribution in [2.24, 2.45) is 0 Å². The molecule has 1 N–H and O–H groups in total. The summed E-state index contributed by atoms with van der Waals surface area (Å²) in [6, 6.07) is 6.09. The molecule has 1 atom stereocenters. The molecule has 76 valence electrons. The SMILES string of the molecule is C=CC(NCC)c1cc(Cl)ccc1I. The minimum atomic E-state index is 0.186. The minimum absolute atomic E-state index is 0.186. The molecule has 0 aliphatic carbocycles. The monoisotopic (exact) mass is 321 g/mol. The summed E-state index contributed by atoms with van der Waals surface area (Å²) in [5.74, 6) is 0. The molecule has 1 nitrogen and oxygen atoms in total. The Kier molecular flexibility index (Phi) is 4.92. The zero-order valence-electron chi connectivity index (χ0n) is 8.06. The van der Waals surface area contributed by atoms with Gasteiger partial charge in [-0.25, -0.2) is 0 Å². The van der Waals surface area contributed by atoms with Gasteiger partial charge in [0.15, 0.2) is 0 Å². The van der Waals surface area contributed by atoms with Gasteiger partial charge in [0, 0.05) is 8.59 Å². The molecule has 1 aromatic carbocycles. The maximum absolute atomic E-state index is 5.95. The number of likely N-dealkylation sites (N-methyl/N-ethyl adjacent to an activating group) is 1. The third-order valence-electron chi connectivity index (χ3n) is 1.95. The summed E-state index contributed by atoms with van der Waals surface area (Å²) in [6.07, 6.45) is 1.90. The Labute approximate surface area is 104 Å². The summed E-state index contributed by atoms with van der Waals surface area (Å²) in [6.45, 7) is 6.81. The molecule has 0 fully saturated rings. The summed E-state index contributed by atoms with van der Waals surface area (Å²) < 4.78 is 1.21. The van der Waals surface area contributed by atoms with Gasteiger partial charge in [-0.1, -0.05) is 24.6 Å². The average Bonchev–Trinajstić information content (AvgIpc) is 2.18. The lowest BCUT2D eigenvalue weighted by atomic mass is 10.1. The van der Waals surface area contributed by atoms with Gasteiger partial charge in [0.05, 0.1) is 6.04 Å². The third kappa shape index (κ3) is 2.97. The van der Waals surface area contributed by atoms with E-state index in [1.807, 2.05) is 24.3 Å². The van der Waals surface area contributed by atoms with E-state index in [9.17, 15) is 0 Å². The first-order valence-corrected chi connectivity index (χ1v) is 5.95. The van der Waals surface area contributed by atoms with E-state index in [4.69, 9.17) is 11.6 Å². The van der Waals surface area contributed by atoms with Crippen molar-refractivity contribution in [2.75, 3.05) is 6.54 Å². The first-order chi connectivity index (χ1) is 6.69. The Hall–Kier alpha value is -0.0600. The van der Waals surface area contributed by atoms with Crippen LogP contribution in [0.25, 0.3) is 0 Å². The van der Waals surface area contributed by atoms with Crippen LogP contribution in [0.2, 0.25) is 5.02 Å². The van der Waals surface area contributed by atoms with Gasteiger partial charge in [0.1, 0.15) is 0 Å². The molecular weight excluding hydrogens is 308 g/mol. The lowest BCUT2D eigenvalue weighted by molar-refractivity contribution is 0.647. The van der Waals surface area contributed by atoms with Crippen molar-refractivity contribution in [2.45, 2.75) is 13.0 Å². The van der Waals surface area contributed by atoms with E-state index in [0.717, 1.165) is 11.6 Å². The highest BCUT2D eigenvalue weighted by Crippen LogP contribution is 2.24. The molecule has 14 heavy (non-hydrogen) atoms. The van der Waals surface area contributed by atoms with Gasteiger partial charge >= 0.3 is 0 Å². The van der Waals surface area contributed by atoms with Crippen LogP contribution in [0.3, 0.4) is 0 Å². The van der Waals surface area contributed by atoms with Crippen molar-refractivity contribution in [1.29, 1.82) is 0 Å². The second-order valence-electron chi connectivity index (χ2n) is 2.94. The molecule has 0 aliphatic heterocycles. The maximum Gasteiger partial charge on any atom is 0.0514 e. The molecule has 0 spiro atoms. The number of benzene rings is 1. The molecule has 3 heteroatoms. The molecular formula is C11H13ClIN. The highest BCUT2D eigenvalue weighted by Gasteiger charge is 2.09. The molecule has 0 aliphatic rings. The van der Waals surface area contributed by atoms with Crippen LogP contribution in [0.15, 0.2) is 30.9 Å². The smallest absolute Gasteiger partial charge is 0.0514 e. The number of rotatable bonds is 4. The highest BCUT2D eigenvalue weighted by atomic mass is 127. The van der Waals surface area contributed by atoms with Crippen LogP contribution in [0.1, 0.15) is 18.5 Å². The van der Waals surface area contributed by atoms with E-state index >= 15 is 0 Å². The molecule has 0 heterocycles. The molecule has 0 amide bonds. The van der Waals surface area contributed by atoms with E-state index in [1.165, 1.54) is 9.13 Å². The Morgan fingerprint density at radius 2 is 2.36 bits per heavy atom. The Balaban J connectivity index is 3.01. The predicted molar refractivity (Wildman–Crippen MR) is 70.8 cm³/mol. The van der Waals surface area contributed by atoms with Gasteiger partial charge in [0.2, 0.25) is 0 Å². The van der Waals surface area contributed by atoms with Crippen LogP contribution in [0.5, 0.6) is 0 Å². The number of halogens is 2. The Morgan fingerprint density at radius 1 is 1.64 bits per heavy atom. The number of hydrogen-bond acceptors (Lipinski definition) is 1. The molecule has 1 rings (SSSR count). The fourth-order valence-electron chi connectivity index (χ4n) is 1.29. The zero-order chi connectivity index (χ0) is 10.6. The van der Waals surface area contributed by atoms with Crippen molar-refractivity contribution >= 4 is 34.2 Å². The normalized spacial score (nSPS) is 12.5. The number of hydrogen-bond donors (Lipinski definition) is 1. The van der Waals surface area contributed by atoms with Crippen molar-refractivity contribution in [3.63, 3.8) is 0 Å². The van der Waals surface area contributed by atoms with Crippen LogP contribution >= 0.6 is 34.2 Å². The molecule has 1 aromatic rings. The minimum Gasteiger partial charge on any atom is -0.307 e. The van der Waals surface area contributed by atoms with Gasteiger partial charge in [-0.2, -0.15) is 0 Å². The summed E-state index contributed by atoms with van der Waals surface area (Å²) in [7, 11) is 0. The maximum atomic E-state index is 5.95. The van der Waals surface area contributed by atoms with Gasteiger partial charge in [-0.15, -0.1) is 6.58 Å². The molecule has 0 saturated heterocycles. The van der Waals surface area contributed by atoms with Crippen molar-refractivity contribution in [3.8, 4) is 0 Å². The topological polar surface area (TPSA) is 12.0 Å². The lowest BCUT2D eigenvalue weighted by Crippen LogP contribution is -2.19. The first kappa shape index (κ1) is 12.0. The Morgan fingerprint density at radius 3 is 2.93 bits per heavy atom. The second kappa shape index (κ2) is 5.73. The van der Waals surface area contributed by atoms with E-state index in [2.05, 4.69) is 41.4 Å². The second-order valence-corrected chi connectivity index (χ2v) is 4.54. The van der Waals surface area contributed by atoms with Crippen LogP contribution in [-0.4, -0.2) is 6.54 Å². The third-order valence-corrected chi connectivity index (χ3v) is 3.17. The van der Waals surface area contributed by atoms with Crippen molar-refractivity contribution in [1.82, 2.24) is 5.32 Å². The fraction of sp³-hybridized carbons (Fsp3) is 0.273. The standard InChI is InChI=1S/C11H13ClIN/c1-3-11(14-4-2)9-7-8(12)5-6-10(9)13/h3,5-7,11,14H,1,4H2,2H3. The van der Waals surface area contributed by atoms with Gasteiger partial charge < -0.3 is 5.32 Å².